The van der Waals surface area contributed by atoms with Gasteiger partial charge < -0.3 is 15.2 Å². The first-order valence-electron chi connectivity index (χ1n) is 9.72. The Hall–Kier alpha value is -2.93. The van der Waals surface area contributed by atoms with Gasteiger partial charge in [-0.2, -0.15) is 0 Å². The lowest BCUT2D eigenvalue weighted by Gasteiger charge is -2.25. The Morgan fingerprint density at radius 1 is 1.14 bits per heavy atom. The van der Waals surface area contributed by atoms with Crippen molar-refractivity contribution in [2.24, 2.45) is 5.73 Å². The van der Waals surface area contributed by atoms with Crippen molar-refractivity contribution in [1.82, 2.24) is 0 Å². The monoisotopic (exact) mass is 377 g/mol. The Morgan fingerprint density at radius 3 is 2.50 bits per heavy atom. The standard InChI is InChI=1S/C24H27NO3/c1-24(17-23(25)26,15-14-18-8-4-3-5-9-18)19-12-13-21(27-2)22(16-19)28-20-10-6-7-11-20/h3-5,8-9,12-13,16,20H,6-7,10-11,17H2,1-2H3,(H2,25,26). The summed E-state index contributed by atoms with van der Waals surface area (Å²) in [5, 5.41) is 0. The van der Waals surface area contributed by atoms with Crippen molar-refractivity contribution in [2.45, 2.75) is 50.5 Å². The molecule has 0 aromatic heterocycles. The van der Waals surface area contributed by atoms with Crippen molar-refractivity contribution < 1.29 is 14.3 Å². The molecule has 1 aliphatic carbocycles. The van der Waals surface area contributed by atoms with E-state index < -0.39 is 5.41 Å². The second kappa shape index (κ2) is 8.84. The summed E-state index contributed by atoms with van der Waals surface area (Å²) in [4.78, 5) is 11.8. The highest BCUT2D eigenvalue weighted by Gasteiger charge is 2.29. The summed E-state index contributed by atoms with van der Waals surface area (Å²) in [7, 11) is 1.63. The second-order valence-corrected chi connectivity index (χ2v) is 7.48. The molecule has 4 nitrogen and oxygen atoms in total. The molecule has 1 atom stereocenters. The third-order valence-electron chi connectivity index (χ3n) is 5.18. The molecule has 2 aromatic carbocycles. The Balaban J connectivity index is 1.97. The number of benzene rings is 2. The lowest BCUT2D eigenvalue weighted by Crippen LogP contribution is -2.28. The van der Waals surface area contributed by atoms with E-state index in [-0.39, 0.29) is 18.4 Å². The van der Waals surface area contributed by atoms with Gasteiger partial charge in [-0.15, -0.1) is 0 Å². The summed E-state index contributed by atoms with van der Waals surface area (Å²) >= 11 is 0. The van der Waals surface area contributed by atoms with E-state index in [0.717, 1.165) is 24.0 Å². The fourth-order valence-corrected chi connectivity index (χ4v) is 3.60. The third-order valence-corrected chi connectivity index (χ3v) is 5.18. The van der Waals surface area contributed by atoms with Crippen molar-refractivity contribution in [3.05, 3.63) is 59.7 Å². The highest BCUT2D eigenvalue weighted by Crippen LogP contribution is 2.37. The van der Waals surface area contributed by atoms with Gasteiger partial charge in [-0.1, -0.05) is 36.1 Å². The molecule has 1 fully saturated rings. The minimum Gasteiger partial charge on any atom is -0.493 e. The Bertz CT molecular complexity index is 876. The molecule has 2 N–H and O–H groups in total. The van der Waals surface area contributed by atoms with Crippen LogP contribution in [0, 0.1) is 11.8 Å². The molecule has 0 aliphatic heterocycles. The second-order valence-electron chi connectivity index (χ2n) is 7.48. The molecule has 1 aliphatic rings. The first-order valence-corrected chi connectivity index (χ1v) is 9.72. The first-order chi connectivity index (χ1) is 13.5. The summed E-state index contributed by atoms with van der Waals surface area (Å²) in [6.07, 6.45) is 4.83. The zero-order valence-corrected chi connectivity index (χ0v) is 16.5. The van der Waals surface area contributed by atoms with Crippen molar-refractivity contribution in [3.63, 3.8) is 0 Å². The maximum absolute atomic E-state index is 11.8. The summed E-state index contributed by atoms with van der Waals surface area (Å²) in [6, 6.07) is 15.5. The molecule has 146 valence electrons. The molecular formula is C24H27NO3. The number of nitrogens with two attached hydrogens (primary N) is 1. The molecular weight excluding hydrogens is 350 g/mol. The molecule has 0 heterocycles. The molecule has 0 bridgehead atoms. The smallest absolute Gasteiger partial charge is 0.219 e. The summed E-state index contributed by atoms with van der Waals surface area (Å²) < 4.78 is 11.7. The van der Waals surface area contributed by atoms with E-state index in [1.165, 1.54) is 12.8 Å². The van der Waals surface area contributed by atoms with Gasteiger partial charge in [0.2, 0.25) is 5.91 Å². The third kappa shape index (κ3) is 4.86. The number of carbonyl (C=O) groups is 1. The van der Waals surface area contributed by atoms with E-state index in [1.807, 2.05) is 55.5 Å². The van der Waals surface area contributed by atoms with Gasteiger partial charge >= 0.3 is 0 Å². The molecule has 0 radical (unpaired) electrons. The summed E-state index contributed by atoms with van der Waals surface area (Å²) in [6.45, 7) is 1.94. The molecule has 1 unspecified atom stereocenters. The maximum Gasteiger partial charge on any atom is 0.219 e. The van der Waals surface area contributed by atoms with Gasteiger partial charge in [0.15, 0.2) is 11.5 Å². The van der Waals surface area contributed by atoms with Crippen molar-refractivity contribution >= 4 is 5.91 Å². The highest BCUT2D eigenvalue weighted by molar-refractivity contribution is 5.76. The number of rotatable bonds is 6. The lowest BCUT2D eigenvalue weighted by molar-refractivity contribution is -0.118. The molecule has 0 spiro atoms. The van der Waals surface area contributed by atoms with Crippen LogP contribution in [0.3, 0.4) is 0 Å². The van der Waals surface area contributed by atoms with Crippen molar-refractivity contribution in [3.8, 4) is 23.3 Å². The molecule has 4 heteroatoms. The topological polar surface area (TPSA) is 61.5 Å². The molecule has 3 rings (SSSR count). The van der Waals surface area contributed by atoms with E-state index in [4.69, 9.17) is 15.2 Å². The Morgan fingerprint density at radius 2 is 1.86 bits per heavy atom. The van der Waals surface area contributed by atoms with Gasteiger partial charge in [0.1, 0.15) is 0 Å². The predicted molar refractivity (Wildman–Crippen MR) is 110 cm³/mol. The van der Waals surface area contributed by atoms with Gasteiger partial charge in [0.05, 0.1) is 18.6 Å². The highest BCUT2D eigenvalue weighted by atomic mass is 16.5. The van der Waals surface area contributed by atoms with Crippen LogP contribution in [-0.2, 0) is 10.2 Å². The first kappa shape index (κ1) is 19.8. The lowest BCUT2D eigenvalue weighted by atomic mass is 9.79. The Labute approximate surface area is 167 Å². The summed E-state index contributed by atoms with van der Waals surface area (Å²) in [5.41, 5.74) is 6.62. The van der Waals surface area contributed by atoms with Crippen molar-refractivity contribution in [2.75, 3.05) is 7.11 Å². The molecule has 2 aromatic rings. The fourth-order valence-electron chi connectivity index (χ4n) is 3.60. The van der Waals surface area contributed by atoms with Crippen molar-refractivity contribution in [1.29, 1.82) is 0 Å². The average Bonchev–Trinajstić information content (AvgIpc) is 3.20. The van der Waals surface area contributed by atoms with Crippen LogP contribution in [0.5, 0.6) is 11.5 Å². The largest absolute Gasteiger partial charge is 0.493 e. The number of ether oxygens (including phenoxy) is 2. The summed E-state index contributed by atoms with van der Waals surface area (Å²) in [5.74, 6) is 7.45. The van der Waals surface area contributed by atoms with E-state index in [1.54, 1.807) is 7.11 Å². The SMILES string of the molecule is COc1ccc(C(C)(C#Cc2ccccc2)CC(N)=O)cc1OC1CCCC1. The van der Waals surface area contributed by atoms with Gasteiger partial charge in [-0.3, -0.25) is 4.79 Å². The maximum atomic E-state index is 11.8. The van der Waals surface area contributed by atoms with Crippen LogP contribution < -0.4 is 15.2 Å². The van der Waals surface area contributed by atoms with Crippen LogP contribution >= 0.6 is 0 Å². The number of primary amides is 1. The van der Waals surface area contributed by atoms with Gasteiger partial charge in [-0.25, -0.2) is 0 Å². The molecule has 1 saturated carbocycles. The normalized spacial score (nSPS) is 15.9. The zero-order valence-electron chi connectivity index (χ0n) is 16.5. The van der Waals surface area contributed by atoms with E-state index in [0.29, 0.717) is 11.5 Å². The van der Waals surface area contributed by atoms with Crippen LogP contribution in [0.1, 0.15) is 50.2 Å². The van der Waals surface area contributed by atoms with Gasteiger partial charge in [-0.05, 0) is 62.4 Å². The fraction of sp³-hybridized carbons (Fsp3) is 0.375. The number of methoxy groups -OCH3 is 1. The van der Waals surface area contributed by atoms with E-state index >= 15 is 0 Å². The minimum absolute atomic E-state index is 0.127. The quantitative estimate of drug-likeness (QED) is 0.768. The number of amides is 1. The number of carbonyl (C=O) groups excluding carboxylic acids is 1. The van der Waals surface area contributed by atoms with Gasteiger partial charge in [0.25, 0.3) is 0 Å². The van der Waals surface area contributed by atoms with Crippen LogP contribution in [0.15, 0.2) is 48.5 Å². The van der Waals surface area contributed by atoms with Crippen LogP contribution in [0.4, 0.5) is 0 Å². The number of hydrogen-bond donors (Lipinski definition) is 1. The van der Waals surface area contributed by atoms with Crippen LogP contribution in [0.25, 0.3) is 0 Å². The zero-order chi connectivity index (χ0) is 20.0. The molecule has 0 saturated heterocycles. The van der Waals surface area contributed by atoms with E-state index in [9.17, 15) is 4.79 Å². The van der Waals surface area contributed by atoms with Crippen LogP contribution in [0.2, 0.25) is 0 Å². The predicted octanol–water partition coefficient (Wildman–Crippen LogP) is 4.20. The van der Waals surface area contributed by atoms with Gasteiger partial charge in [0, 0.05) is 12.0 Å². The average molecular weight is 377 g/mol. The van der Waals surface area contributed by atoms with E-state index in [2.05, 4.69) is 11.8 Å². The van der Waals surface area contributed by atoms with Crippen LogP contribution in [-0.4, -0.2) is 19.1 Å². The molecule has 1 amide bonds. The Kier molecular flexibility index (Phi) is 6.26. The number of hydrogen-bond acceptors (Lipinski definition) is 3. The minimum atomic E-state index is -0.721. The molecule has 28 heavy (non-hydrogen) atoms.